The number of carbonyl (C=O) groups is 1. The Morgan fingerprint density at radius 3 is 2.54 bits per heavy atom. The summed E-state index contributed by atoms with van der Waals surface area (Å²) in [6.45, 7) is 1.80. The molecule has 0 spiro atoms. The molecule has 1 aliphatic carbocycles. The first-order valence-corrected chi connectivity index (χ1v) is 14.7. The van der Waals surface area contributed by atoms with E-state index in [2.05, 4.69) is 33.5 Å². The second kappa shape index (κ2) is 11.1. The van der Waals surface area contributed by atoms with Crippen LogP contribution in [0.5, 0.6) is 11.5 Å². The van der Waals surface area contributed by atoms with Gasteiger partial charge in [0.25, 0.3) is 5.56 Å². The molecule has 6 nitrogen and oxygen atoms in total. The Kier molecular flexibility index (Phi) is 7.22. The average Bonchev–Trinajstić information content (AvgIpc) is 3.39. The lowest BCUT2D eigenvalue weighted by atomic mass is 9.89. The number of aryl methyl sites for hydroxylation is 2. The number of thioether (sulfide) groups is 1. The van der Waals surface area contributed by atoms with Crippen LogP contribution in [0.4, 0.5) is 5.69 Å². The zero-order valence-electron chi connectivity index (χ0n) is 21.4. The van der Waals surface area contributed by atoms with E-state index in [9.17, 15) is 9.59 Å². The normalized spacial score (nSPS) is 13.6. The van der Waals surface area contributed by atoms with E-state index >= 15 is 0 Å². The van der Waals surface area contributed by atoms with Crippen molar-refractivity contribution in [2.75, 3.05) is 5.32 Å². The van der Waals surface area contributed by atoms with Gasteiger partial charge in [-0.3, -0.25) is 9.59 Å². The molecule has 1 amide bonds. The number of H-pyrrole nitrogens is 1. The summed E-state index contributed by atoms with van der Waals surface area (Å²) in [5, 5.41) is 5.50. The molecule has 2 heterocycles. The molecule has 196 valence electrons. The molecule has 1 unspecified atom stereocenters. The molecule has 2 aromatic heterocycles. The second-order valence-electron chi connectivity index (χ2n) is 9.58. The minimum atomic E-state index is -0.467. The number of nitrogens with one attached hydrogen (secondary N) is 2. The monoisotopic (exact) mass is 553 g/mol. The number of rotatable bonds is 7. The van der Waals surface area contributed by atoms with Crippen molar-refractivity contribution in [2.24, 2.45) is 0 Å². The number of benzene rings is 3. The molecular weight excluding hydrogens is 526 g/mol. The maximum absolute atomic E-state index is 13.1. The van der Waals surface area contributed by atoms with Gasteiger partial charge in [-0.2, -0.15) is 0 Å². The Balaban J connectivity index is 1.14. The minimum absolute atomic E-state index is 0.180. The summed E-state index contributed by atoms with van der Waals surface area (Å²) >= 11 is 2.69. The highest BCUT2D eigenvalue weighted by Gasteiger charge is 2.19. The molecule has 0 saturated heterocycles. The van der Waals surface area contributed by atoms with Crippen molar-refractivity contribution in [2.45, 2.75) is 43.0 Å². The highest BCUT2D eigenvalue weighted by molar-refractivity contribution is 8.00. The predicted molar refractivity (Wildman–Crippen MR) is 159 cm³/mol. The number of amides is 1. The smallest absolute Gasteiger partial charge is 0.260 e. The molecule has 6 rings (SSSR count). The number of hydrogen-bond donors (Lipinski definition) is 2. The van der Waals surface area contributed by atoms with E-state index in [1.54, 1.807) is 19.1 Å². The molecule has 3 aromatic carbocycles. The second-order valence-corrected chi connectivity index (χ2v) is 11.8. The van der Waals surface area contributed by atoms with Gasteiger partial charge < -0.3 is 15.0 Å². The first-order chi connectivity index (χ1) is 19.0. The molecule has 8 heteroatoms. The number of ether oxygens (including phenoxy) is 1. The number of thiophene rings is 1. The molecule has 1 aliphatic rings. The van der Waals surface area contributed by atoms with Crippen LogP contribution in [0.2, 0.25) is 0 Å². The number of para-hydroxylation sites is 1. The number of fused-ring (bicyclic) bond motifs is 2. The number of hydrogen-bond acceptors (Lipinski definition) is 6. The van der Waals surface area contributed by atoms with Gasteiger partial charge in [-0.05, 0) is 85.7 Å². The number of aromatic nitrogens is 2. The van der Waals surface area contributed by atoms with Gasteiger partial charge in [-0.15, -0.1) is 11.3 Å². The Labute approximate surface area is 234 Å². The Hall–Kier alpha value is -3.88. The first-order valence-electron chi connectivity index (χ1n) is 13.0. The molecule has 2 N–H and O–H groups in total. The molecule has 5 aromatic rings. The molecule has 0 aliphatic heterocycles. The van der Waals surface area contributed by atoms with Crippen LogP contribution in [0.1, 0.15) is 30.9 Å². The van der Waals surface area contributed by atoms with Crippen molar-refractivity contribution < 1.29 is 9.53 Å². The standard InChI is InChI=1S/C31H27N3O3S2/c1-19(28(35)32-23-13-15-25(16-14-23)37-24-9-3-2-4-10-24)39-31-33-29(36)27-26(18-38-30(27)34-31)22-12-11-20-7-5-6-8-21(20)17-22/h2-4,9-19H,5-8H2,1H3,(H,32,35)(H,33,34,36). The van der Waals surface area contributed by atoms with Gasteiger partial charge in [-0.25, -0.2) is 4.98 Å². The highest BCUT2D eigenvalue weighted by atomic mass is 32.2. The van der Waals surface area contributed by atoms with Crippen molar-refractivity contribution in [3.05, 3.63) is 99.7 Å². The number of aromatic amines is 1. The van der Waals surface area contributed by atoms with Crippen molar-refractivity contribution in [1.82, 2.24) is 9.97 Å². The molecular formula is C31H27N3O3S2. The van der Waals surface area contributed by atoms with Crippen LogP contribution >= 0.6 is 23.1 Å². The zero-order valence-corrected chi connectivity index (χ0v) is 23.0. The lowest BCUT2D eigenvalue weighted by Gasteiger charge is -2.16. The van der Waals surface area contributed by atoms with Crippen molar-refractivity contribution in [1.29, 1.82) is 0 Å². The first kappa shape index (κ1) is 25.4. The molecule has 39 heavy (non-hydrogen) atoms. The minimum Gasteiger partial charge on any atom is -0.457 e. The summed E-state index contributed by atoms with van der Waals surface area (Å²) in [5.74, 6) is 1.25. The van der Waals surface area contributed by atoms with E-state index in [-0.39, 0.29) is 11.5 Å². The van der Waals surface area contributed by atoms with Gasteiger partial charge in [0.15, 0.2) is 5.16 Å². The third-order valence-corrected chi connectivity index (χ3v) is 8.70. The Bertz CT molecular complexity index is 1690. The summed E-state index contributed by atoms with van der Waals surface area (Å²) < 4.78 is 5.81. The Morgan fingerprint density at radius 1 is 1.00 bits per heavy atom. The molecule has 0 saturated carbocycles. The fourth-order valence-electron chi connectivity index (χ4n) is 4.79. The van der Waals surface area contributed by atoms with Gasteiger partial charge in [0.1, 0.15) is 16.3 Å². The summed E-state index contributed by atoms with van der Waals surface area (Å²) in [7, 11) is 0. The van der Waals surface area contributed by atoms with Crippen LogP contribution in [-0.2, 0) is 17.6 Å². The van der Waals surface area contributed by atoms with Gasteiger partial charge in [-0.1, -0.05) is 48.2 Å². The van der Waals surface area contributed by atoms with E-state index < -0.39 is 5.25 Å². The molecule has 0 radical (unpaired) electrons. The summed E-state index contributed by atoms with van der Waals surface area (Å²) in [6, 6.07) is 23.3. The number of carbonyl (C=O) groups excluding carboxylic acids is 1. The van der Waals surface area contributed by atoms with E-state index in [0.29, 0.717) is 26.8 Å². The quantitative estimate of drug-likeness (QED) is 0.162. The van der Waals surface area contributed by atoms with Crippen molar-refractivity contribution in [3.8, 4) is 22.6 Å². The van der Waals surface area contributed by atoms with Crippen LogP contribution in [0.3, 0.4) is 0 Å². The van der Waals surface area contributed by atoms with Gasteiger partial charge in [0, 0.05) is 16.6 Å². The molecule has 1 atom stereocenters. The third kappa shape index (κ3) is 5.62. The van der Waals surface area contributed by atoms with Crippen LogP contribution in [0.25, 0.3) is 21.3 Å². The van der Waals surface area contributed by atoms with Crippen LogP contribution < -0.4 is 15.6 Å². The maximum Gasteiger partial charge on any atom is 0.260 e. The molecule has 0 fully saturated rings. The van der Waals surface area contributed by atoms with E-state index in [1.165, 1.54) is 47.1 Å². The number of nitrogens with zero attached hydrogens (tertiary/aromatic N) is 1. The summed E-state index contributed by atoms with van der Waals surface area (Å²) in [6.07, 6.45) is 4.67. The van der Waals surface area contributed by atoms with E-state index in [1.807, 2.05) is 47.8 Å². The van der Waals surface area contributed by atoms with Crippen molar-refractivity contribution in [3.63, 3.8) is 0 Å². The van der Waals surface area contributed by atoms with Crippen LogP contribution in [-0.4, -0.2) is 21.1 Å². The predicted octanol–water partition coefficient (Wildman–Crippen LogP) is 7.44. The zero-order chi connectivity index (χ0) is 26.8. The van der Waals surface area contributed by atoms with Crippen LogP contribution in [0, 0.1) is 0 Å². The topological polar surface area (TPSA) is 84.1 Å². The van der Waals surface area contributed by atoms with Crippen molar-refractivity contribution >= 4 is 44.9 Å². The van der Waals surface area contributed by atoms with Crippen LogP contribution in [0.15, 0.2) is 88.1 Å². The summed E-state index contributed by atoms with van der Waals surface area (Å²) in [5.41, 5.74) is 5.25. The van der Waals surface area contributed by atoms with Gasteiger partial charge in [0.05, 0.1) is 10.6 Å². The molecule has 0 bridgehead atoms. The summed E-state index contributed by atoms with van der Waals surface area (Å²) in [4.78, 5) is 34.3. The SMILES string of the molecule is CC(Sc1nc2scc(-c3ccc4c(c3)CCCC4)c2c(=O)[nH]1)C(=O)Nc1ccc(Oc2ccccc2)cc1. The Morgan fingerprint density at radius 2 is 1.74 bits per heavy atom. The fourth-order valence-corrected chi connectivity index (χ4v) is 6.60. The average molecular weight is 554 g/mol. The van der Waals surface area contributed by atoms with Gasteiger partial charge in [0.2, 0.25) is 5.91 Å². The van der Waals surface area contributed by atoms with E-state index in [0.717, 1.165) is 29.7 Å². The van der Waals surface area contributed by atoms with Gasteiger partial charge >= 0.3 is 0 Å². The maximum atomic E-state index is 13.1. The van der Waals surface area contributed by atoms with E-state index in [4.69, 9.17) is 4.74 Å². The fraction of sp³-hybridized carbons (Fsp3) is 0.194. The largest absolute Gasteiger partial charge is 0.457 e. The lowest BCUT2D eigenvalue weighted by molar-refractivity contribution is -0.115. The number of anilines is 1. The third-order valence-electron chi connectivity index (χ3n) is 6.84. The highest BCUT2D eigenvalue weighted by Crippen LogP contribution is 2.34. The lowest BCUT2D eigenvalue weighted by Crippen LogP contribution is -2.23.